The summed E-state index contributed by atoms with van der Waals surface area (Å²) in [5.41, 5.74) is 5.09. The van der Waals surface area contributed by atoms with Gasteiger partial charge in [-0.1, -0.05) is 72.3 Å². The lowest BCUT2D eigenvalue weighted by atomic mass is 9.96. The van der Waals surface area contributed by atoms with Crippen molar-refractivity contribution in [1.29, 1.82) is 5.26 Å². The molecule has 0 aliphatic carbocycles. The summed E-state index contributed by atoms with van der Waals surface area (Å²) in [5.74, 6) is 0.778. The third-order valence-corrected chi connectivity index (χ3v) is 5.36. The summed E-state index contributed by atoms with van der Waals surface area (Å²) in [6.07, 6.45) is 0.799. The Morgan fingerprint density at radius 2 is 1.68 bits per heavy atom. The predicted octanol–water partition coefficient (Wildman–Crippen LogP) is 4.78. The van der Waals surface area contributed by atoms with Gasteiger partial charge in [0.1, 0.15) is 17.0 Å². The molecule has 4 rings (SSSR count). The largest absolute Gasteiger partial charge is 0.366 e. The molecule has 5 heteroatoms. The van der Waals surface area contributed by atoms with Crippen LogP contribution in [-0.4, -0.2) is 16.4 Å². The smallest absolute Gasteiger partial charge is 0.149 e. The van der Waals surface area contributed by atoms with E-state index in [-0.39, 0.29) is 5.15 Å². The SMILES string of the molecule is N#Cc1c(Cl)nc(NCc2ccccc2)c2c1CCN(Cc1ccccc1)C2. The lowest BCUT2D eigenvalue weighted by Crippen LogP contribution is -2.31. The monoisotopic (exact) mass is 388 g/mol. The van der Waals surface area contributed by atoms with E-state index in [1.165, 1.54) is 11.1 Å². The highest BCUT2D eigenvalue weighted by molar-refractivity contribution is 6.30. The number of rotatable bonds is 5. The van der Waals surface area contributed by atoms with Gasteiger partial charge in [-0.05, 0) is 23.1 Å². The van der Waals surface area contributed by atoms with Gasteiger partial charge in [-0.2, -0.15) is 5.26 Å². The Bertz CT molecular complexity index is 997. The molecule has 1 N–H and O–H groups in total. The number of anilines is 1. The Kier molecular flexibility index (Phi) is 5.57. The molecule has 0 atom stereocenters. The van der Waals surface area contributed by atoms with Gasteiger partial charge in [0.2, 0.25) is 0 Å². The fraction of sp³-hybridized carbons (Fsp3) is 0.217. The van der Waals surface area contributed by atoms with Crippen LogP contribution in [0.1, 0.15) is 27.8 Å². The summed E-state index contributed by atoms with van der Waals surface area (Å²) in [5, 5.41) is 13.3. The van der Waals surface area contributed by atoms with Crippen LogP contribution < -0.4 is 5.32 Å². The summed E-state index contributed by atoms with van der Waals surface area (Å²) >= 11 is 6.33. The topological polar surface area (TPSA) is 52.0 Å². The van der Waals surface area contributed by atoms with Crippen LogP contribution in [0.15, 0.2) is 60.7 Å². The van der Waals surface area contributed by atoms with Gasteiger partial charge in [0.05, 0.1) is 5.56 Å². The van der Waals surface area contributed by atoms with Gasteiger partial charge in [-0.15, -0.1) is 0 Å². The quantitative estimate of drug-likeness (QED) is 0.639. The molecule has 1 aliphatic rings. The van der Waals surface area contributed by atoms with E-state index in [0.717, 1.165) is 43.0 Å². The standard InChI is InChI=1S/C23H21ClN4/c24-22-20(13-25)19-11-12-28(15-18-9-5-2-6-10-18)16-21(19)23(27-22)26-14-17-7-3-1-4-8-17/h1-10H,11-12,14-16H2,(H,26,27). The molecule has 0 amide bonds. The van der Waals surface area contributed by atoms with Gasteiger partial charge in [-0.25, -0.2) is 4.98 Å². The van der Waals surface area contributed by atoms with Gasteiger partial charge >= 0.3 is 0 Å². The fourth-order valence-electron chi connectivity index (χ4n) is 3.68. The molecule has 28 heavy (non-hydrogen) atoms. The maximum absolute atomic E-state index is 9.57. The number of benzene rings is 2. The highest BCUT2D eigenvalue weighted by atomic mass is 35.5. The molecule has 1 aromatic heterocycles. The first kappa shape index (κ1) is 18.5. The van der Waals surface area contributed by atoms with Crippen LogP contribution in [0, 0.1) is 11.3 Å². The molecular formula is C23H21ClN4. The zero-order valence-corrected chi connectivity index (χ0v) is 16.3. The molecule has 0 saturated carbocycles. The average Bonchev–Trinajstić information content (AvgIpc) is 2.74. The highest BCUT2D eigenvalue weighted by Crippen LogP contribution is 2.32. The molecule has 0 fully saturated rings. The van der Waals surface area contributed by atoms with Crippen molar-refractivity contribution >= 4 is 17.4 Å². The first-order valence-corrected chi connectivity index (χ1v) is 9.78. The zero-order chi connectivity index (χ0) is 19.3. The van der Waals surface area contributed by atoms with Gasteiger partial charge in [0.15, 0.2) is 0 Å². The van der Waals surface area contributed by atoms with Gasteiger partial charge < -0.3 is 5.32 Å². The number of halogens is 1. The predicted molar refractivity (Wildman–Crippen MR) is 112 cm³/mol. The van der Waals surface area contributed by atoms with E-state index < -0.39 is 0 Å². The number of nitrogens with zero attached hydrogens (tertiary/aromatic N) is 3. The Balaban J connectivity index is 1.61. The van der Waals surface area contributed by atoms with E-state index in [4.69, 9.17) is 11.6 Å². The van der Waals surface area contributed by atoms with E-state index in [2.05, 4.69) is 57.7 Å². The van der Waals surface area contributed by atoms with Gasteiger partial charge in [0, 0.05) is 31.7 Å². The number of nitrogens with one attached hydrogen (secondary N) is 1. The molecule has 0 saturated heterocycles. The molecule has 1 aliphatic heterocycles. The van der Waals surface area contributed by atoms with Crippen LogP contribution >= 0.6 is 11.6 Å². The first-order chi connectivity index (χ1) is 13.7. The third-order valence-electron chi connectivity index (χ3n) is 5.09. The molecular weight excluding hydrogens is 368 g/mol. The van der Waals surface area contributed by atoms with Crippen molar-refractivity contribution in [3.05, 3.63) is 93.6 Å². The minimum Gasteiger partial charge on any atom is -0.366 e. The van der Waals surface area contributed by atoms with Crippen LogP contribution in [0.3, 0.4) is 0 Å². The van der Waals surface area contributed by atoms with E-state index >= 15 is 0 Å². The molecule has 2 aromatic carbocycles. The van der Waals surface area contributed by atoms with Crippen LogP contribution in [-0.2, 0) is 26.1 Å². The van der Waals surface area contributed by atoms with Crippen molar-refractivity contribution in [2.75, 3.05) is 11.9 Å². The maximum Gasteiger partial charge on any atom is 0.149 e. The number of aromatic nitrogens is 1. The second-order valence-electron chi connectivity index (χ2n) is 6.98. The van der Waals surface area contributed by atoms with E-state index in [0.29, 0.717) is 12.1 Å². The molecule has 0 spiro atoms. The maximum atomic E-state index is 9.57. The molecule has 0 radical (unpaired) electrons. The zero-order valence-electron chi connectivity index (χ0n) is 15.5. The summed E-state index contributed by atoms with van der Waals surface area (Å²) < 4.78 is 0. The summed E-state index contributed by atoms with van der Waals surface area (Å²) in [6.45, 7) is 3.19. The highest BCUT2D eigenvalue weighted by Gasteiger charge is 2.25. The van der Waals surface area contributed by atoms with Gasteiger partial charge in [-0.3, -0.25) is 4.90 Å². The summed E-state index contributed by atoms with van der Waals surface area (Å²) in [6, 6.07) is 22.9. The van der Waals surface area contributed by atoms with Gasteiger partial charge in [0.25, 0.3) is 0 Å². The Labute approximate surface area is 170 Å². The minimum absolute atomic E-state index is 0.285. The van der Waals surface area contributed by atoms with E-state index in [9.17, 15) is 5.26 Å². The summed E-state index contributed by atoms with van der Waals surface area (Å²) in [7, 11) is 0. The molecule has 0 unspecified atom stereocenters. The number of pyridine rings is 1. The first-order valence-electron chi connectivity index (χ1n) is 9.40. The van der Waals surface area contributed by atoms with Crippen molar-refractivity contribution in [3.8, 4) is 6.07 Å². The van der Waals surface area contributed by atoms with Crippen molar-refractivity contribution in [2.45, 2.75) is 26.1 Å². The number of hydrogen-bond donors (Lipinski definition) is 1. The average molecular weight is 389 g/mol. The minimum atomic E-state index is 0.285. The summed E-state index contributed by atoms with van der Waals surface area (Å²) in [4.78, 5) is 6.91. The van der Waals surface area contributed by atoms with E-state index in [1.807, 2.05) is 24.3 Å². The Hall–Kier alpha value is -2.87. The fourth-order valence-corrected chi connectivity index (χ4v) is 3.92. The van der Waals surface area contributed by atoms with Crippen LogP contribution in [0.2, 0.25) is 5.15 Å². The second kappa shape index (κ2) is 8.43. The van der Waals surface area contributed by atoms with Crippen molar-refractivity contribution < 1.29 is 0 Å². The van der Waals surface area contributed by atoms with Crippen molar-refractivity contribution in [2.24, 2.45) is 0 Å². The number of hydrogen-bond acceptors (Lipinski definition) is 4. The molecule has 3 aromatic rings. The Morgan fingerprint density at radius 3 is 2.36 bits per heavy atom. The number of fused-ring (bicyclic) bond motifs is 1. The molecule has 140 valence electrons. The Morgan fingerprint density at radius 1 is 1.00 bits per heavy atom. The molecule has 0 bridgehead atoms. The van der Waals surface area contributed by atoms with Crippen molar-refractivity contribution in [1.82, 2.24) is 9.88 Å². The van der Waals surface area contributed by atoms with Crippen molar-refractivity contribution in [3.63, 3.8) is 0 Å². The van der Waals surface area contributed by atoms with Crippen LogP contribution in [0.25, 0.3) is 0 Å². The van der Waals surface area contributed by atoms with Crippen LogP contribution in [0.5, 0.6) is 0 Å². The van der Waals surface area contributed by atoms with Crippen LogP contribution in [0.4, 0.5) is 5.82 Å². The second-order valence-corrected chi connectivity index (χ2v) is 7.34. The molecule has 2 heterocycles. The third kappa shape index (κ3) is 4.01. The number of nitriles is 1. The van der Waals surface area contributed by atoms with E-state index in [1.54, 1.807) is 0 Å². The molecule has 4 nitrogen and oxygen atoms in total. The lowest BCUT2D eigenvalue weighted by Gasteiger charge is -2.31. The lowest BCUT2D eigenvalue weighted by molar-refractivity contribution is 0.245. The normalized spacial score (nSPS) is 13.6.